The van der Waals surface area contributed by atoms with Crippen molar-refractivity contribution >= 4 is 0 Å². The molecule has 0 bridgehead atoms. The number of allylic oxidation sites excluding steroid dienone is 1. The molecule has 0 N–H and O–H groups in total. The molecule has 2 aliphatic rings. The average molecular weight is 292 g/mol. The number of fused-ring (bicyclic) bond motifs is 1. The maximum Gasteiger partial charge on any atom is 0.114 e. The van der Waals surface area contributed by atoms with Gasteiger partial charge in [-0.25, -0.2) is 0 Å². The smallest absolute Gasteiger partial charge is 0.114 e. The van der Waals surface area contributed by atoms with Crippen LogP contribution in [0.1, 0.15) is 36.2 Å². The van der Waals surface area contributed by atoms with Crippen LogP contribution in [0.4, 0.5) is 0 Å². The zero-order chi connectivity index (χ0) is 14.8. The SMILES string of the molecule is C1=C[C@H]2O[C@@H](c3ccccc3)[C@H](c3ccccc3)O[C@H]2CC1. The van der Waals surface area contributed by atoms with Crippen molar-refractivity contribution in [1.29, 1.82) is 0 Å². The Morgan fingerprint density at radius 3 is 1.95 bits per heavy atom. The van der Waals surface area contributed by atoms with Crippen LogP contribution < -0.4 is 0 Å². The average Bonchev–Trinajstić information content (AvgIpc) is 2.62. The molecule has 1 aliphatic heterocycles. The summed E-state index contributed by atoms with van der Waals surface area (Å²) in [4.78, 5) is 0. The van der Waals surface area contributed by atoms with Crippen LogP contribution in [-0.2, 0) is 9.47 Å². The van der Waals surface area contributed by atoms with Gasteiger partial charge in [-0.1, -0.05) is 72.8 Å². The molecule has 1 aliphatic carbocycles. The van der Waals surface area contributed by atoms with Crippen LogP contribution in [0.3, 0.4) is 0 Å². The van der Waals surface area contributed by atoms with E-state index in [9.17, 15) is 0 Å². The molecule has 2 heteroatoms. The zero-order valence-corrected chi connectivity index (χ0v) is 12.5. The predicted molar refractivity (Wildman–Crippen MR) is 86.5 cm³/mol. The molecule has 0 aromatic heterocycles. The van der Waals surface area contributed by atoms with Crippen molar-refractivity contribution in [3.8, 4) is 0 Å². The minimum atomic E-state index is -0.0624. The third kappa shape index (κ3) is 2.60. The largest absolute Gasteiger partial charge is 0.364 e. The second kappa shape index (κ2) is 6.07. The monoisotopic (exact) mass is 292 g/mol. The van der Waals surface area contributed by atoms with Gasteiger partial charge in [0.05, 0.1) is 6.10 Å². The van der Waals surface area contributed by atoms with E-state index in [0.717, 1.165) is 12.8 Å². The molecular formula is C20H20O2. The zero-order valence-electron chi connectivity index (χ0n) is 12.5. The fourth-order valence-corrected chi connectivity index (χ4v) is 3.35. The minimum absolute atomic E-state index is 0.0450. The van der Waals surface area contributed by atoms with Crippen molar-refractivity contribution in [3.63, 3.8) is 0 Å². The highest BCUT2D eigenvalue weighted by atomic mass is 16.6. The van der Waals surface area contributed by atoms with E-state index >= 15 is 0 Å². The summed E-state index contributed by atoms with van der Waals surface area (Å²) < 4.78 is 12.9. The molecule has 22 heavy (non-hydrogen) atoms. The Hall–Kier alpha value is -1.90. The topological polar surface area (TPSA) is 18.5 Å². The molecule has 1 fully saturated rings. The number of rotatable bonds is 2. The van der Waals surface area contributed by atoms with Crippen LogP contribution in [0.2, 0.25) is 0 Å². The lowest BCUT2D eigenvalue weighted by Crippen LogP contribution is -2.41. The second-order valence-corrected chi connectivity index (χ2v) is 5.94. The number of hydrogen-bond donors (Lipinski definition) is 0. The van der Waals surface area contributed by atoms with Crippen molar-refractivity contribution < 1.29 is 9.47 Å². The van der Waals surface area contributed by atoms with E-state index in [0.29, 0.717) is 0 Å². The molecule has 1 saturated heterocycles. The van der Waals surface area contributed by atoms with Gasteiger partial charge in [0.25, 0.3) is 0 Å². The summed E-state index contributed by atoms with van der Waals surface area (Å²) in [6.45, 7) is 0. The van der Waals surface area contributed by atoms with Crippen LogP contribution in [-0.4, -0.2) is 12.2 Å². The number of ether oxygens (including phenoxy) is 2. The molecule has 0 spiro atoms. The van der Waals surface area contributed by atoms with E-state index in [2.05, 4.69) is 60.7 Å². The molecule has 4 atom stereocenters. The molecule has 0 amide bonds. The third-order valence-electron chi connectivity index (χ3n) is 4.47. The van der Waals surface area contributed by atoms with Gasteiger partial charge in [-0.05, 0) is 24.0 Å². The number of benzene rings is 2. The first-order valence-electron chi connectivity index (χ1n) is 7.99. The van der Waals surface area contributed by atoms with E-state index < -0.39 is 0 Å². The summed E-state index contributed by atoms with van der Waals surface area (Å²) in [7, 11) is 0. The Morgan fingerprint density at radius 1 is 0.727 bits per heavy atom. The van der Waals surface area contributed by atoms with E-state index in [-0.39, 0.29) is 24.4 Å². The quantitative estimate of drug-likeness (QED) is 0.753. The summed E-state index contributed by atoms with van der Waals surface area (Å²) in [5.74, 6) is 0. The molecular weight excluding hydrogens is 272 g/mol. The lowest BCUT2D eigenvalue weighted by molar-refractivity contribution is -0.215. The van der Waals surface area contributed by atoms with Gasteiger partial charge in [0.1, 0.15) is 18.3 Å². The Balaban J connectivity index is 1.71. The molecule has 4 rings (SSSR count). The van der Waals surface area contributed by atoms with Gasteiger partial charge >= 0.3 is 0 Å². The molecule has 1 heterocycles. The molecule has 0 unspecified atom stereocenters. The maximum atomic E-state index is 6.47. The van der Waals surface area contributed by atoms with Gasteiger partial charge in [-0.15, -0.1) is 0 Å². The number of hydrogen-bond acceptors (Lipinski definition) is 2. The first-order chi connectivity index (χ1) is 10.9. The summed E-state index contributed by atoms with van der Waals surface area (Å²) in [5.41, 5.74) is 2.36. The predicted octanol–water partition coefficient (Wildman–Crippen LogP) is 4.60. The summed E-state index contributed by atoms with van der Waals surface area (Å²) in [5, 5.41) is 0. The van der Waals surface area contributed by atoms with Crippen molar-refractivity contribution in [2.45, 2.75) is 37.3 Å². The van der Waals surface area contributed by atoms with Gasteiger partial charge in [0.2, 0.25) is 0 Å². The van der Waals surface area contributed by atoms with E-state index in [1.54, 1.807) is 0 Å². The first-order valence-corrected chi connectivity index (χ1v) is 7.99. The van der Waals surface area contributed by atoms with E-state index in [1.165, 1.54) is 11.1 Å². The van der Waals surface area contributed by atoms with Crippen molar-refractivity contribution in [2.75, 3.05) is 0 Å². The van der Waals surface area contributed by atoms with Crippen molar-refractivity contribution in [1.82, 2.24) is 0 Å². The maximum absolute atomic E-state index is 6.47. The minimum Gasteiger partial charge on any atom is -0.364 e. The summed E-state index contributed by atoms with van der Waals surface area (Å²) in [6, 6.07) is 20.8. The van der Waals surface area contributed by atoms with Gasteiger partial charge in [0, 0.05) is 0 Å². The highest BCUT2D eigenvalue weighted by Crippen LogP contribution is 2.43. The highest BCUT2D eigenvalue weighted by Gasteiger charge is 2.39. The molecule has 2 nitrogen and oxygen atoms in total. The normalized spacial score (nSPS) is 30.7. The molecule has 112 valence electrons. The molecule has 2 aromatic carbocycles. The van der Waals surface area contributed by atoms with Crippen LogP contribution in [0.5, 0.6) is 0 Å². The lowest BCUT2D eigenvalue weighted by atomic mass is 9.93. The Bertz CT molecular complexity index is 635. The van der Waals surface area contributed by atoms with Gasteiger partial charge in [-0.2, -0.15) is 0 Å². The standard InChI is InChI=1S/C20H20O2/c1-3-9-15(10-4-1)19-20(16-11-5-2-6-12-16)22-18-14-8-7-13-17(18)21-19/h1-7,9-13,17-20H,8,14H2/t17-,18+,19+,20+/m1/s1. The van der Waals surface area contributed by atoms with Gasteiger partial charge in [-0.3, -0.25) is 0 Å². The van der Waals surface area contributed by atoms with Crippen molar-refractivity contribution in [2.24, 2.45) is 0 Å². The Morgan fingerprint density at radius 2 is 1.32 bits per heavy atom. The van der Waals surface area contributed by atoms with Crippen LogP contribution in [0, 0.1) is 0 Å². The van der Waals surface area contributed by atoms with Gasteiger partial charge in [0.15, 0.2) is 0 Å². The fourth-order valence-electron chi connectivity index (χ4n) is 3.35. The Kier molecular flexibility index (Phi) is 3.79. The molecule has 0 saturated carbocycles. The second-order valence-electron chi connectivity index (χ2n) is 5.94. The van der Waals surface area contributed by atoms with Crippen LogP contribution >= 0.6 is 0 Å². The van der Waals surface area contributed by atoms with Crippen LogP contribution in [0.25, 0.3) is 0 Å². The van der Waals surface area contributed by atoms with Crippen molar-refractivity contribution in [3.05, 3.63) is 83.9 Å². The van der Waals surface area contributed by atoms with Crippen LogP contribution in [0.15, 0.2) is 72.8 Å². The summed E-state index contributed by atoms with van der Waals surface area (Å²) >= 11 is 0. The highest BCUT2D eigenvalue weighted by molar-refractivity contribution is 5.26. The van der Waals surface area contributed by atoms with E-state index in [4.69, 9.17) is 9.47 Å². The summed E-state index contributed by atoms with van der Waals surface area (Å²) in [6.07, 6.45) is 6.59. The van der Waals surface area contributed by atoms with E-state index in [1.807, 2.05) is 12.1 Å². The van der Waals surface area contributed by atoms with Gasteiger partial charge < -0.3 is 9.47 Å². The fraction of sp³-hybridized carbons (Fsp3) is 0.300. The molecule has 0 radical (unpaired) electrons. The first kappa shape index (κ1) is 13.7. The third-order valence-corrected chi connectivity index (χ3v) is 4.47. The Labute approximate surface area is 131 Å². The lowest BCUT2D eigenvalue weighted by Gasteiger charge is -2.42. The molecule has 2 aromatic rings.